The van der Waals surface area contributed by atoms with E-state index in [-0.39, 0.29) is 12.5 Å². The molecule has 2 aromatic rings. The van der Waals surface area contributed by atoms with E-state index in [1.54, 1.807) is 49.4 Å². The van der Waals surface area contributed by atoms with Crippen LogP contribution in [0.1, 0.15) is 38.7 Å². The van der Waals surface area contributed by atoms with Gasteiger partial charge in [-0.2, -0.15) is 0 Å². The number of sulfonamides is 1. The monoisotopic (exact) mass is 605 g/mol. The maximum atomic E-state index is 13.7. The summed E-state index contributed by atoms with van der Waals surface area (Å²) in [6.45, 7) is 3.75. The molecule has 7 nitrogen and oxygen atoms in total. The summed E-state index contributed by atoms with van der Waals surface area (Å²) in [5, 5.41) is 3.57. The molecule has 0 heterocycles. The van der Waals surface area contributed by atoms with Crippen LogP contribution in [0.15, 0.2) is 46.9 Å². The zero-order valence-corrected chi connectivity index (χ0v) is 23.8. The van der Waals surface area contributed by atoms with Crippen LogP contribution in [-0.4, -0.2) is 50.5 Å². The maximum absolute atomic E-state index is 13.7. The number of rotatable bonds is 12. The fourth-order valence-corrected chi connectivity index (χ4v) is 5.27. The van der Waals surface area contributed by atoms with Gasteiger partial charge in [0.05, 0.1) is 11.9 Å². The van der Waals surface area contributed by atoms with E-state index >= 15 is 0 Å². The number of nitrogens with zero attached hydrogens (tertiary/aromatic N) is 2. The number of benzene rings is 2. The van der Waals surface area contributed by atoms with Gasteiger partial charge < -0.3 is 10.2 Å². The topological polar surface area (TPSA) is 86.8 Å². The minimum absolute atomic E-state index is 0.0485. The summed E-state index contributed by atoms with van der Waals surface area (Å²) in [7, 11) is -3.81. The Morgan fingerprint density at radius 2 is 1.71 bits per heavy atom. The number of nitrogens with one attached hydrogen (secondary N) is 1. The number of anilines is 1. The Bertz CT molecular complexity index is 1130. The van der Waals surface area contributed by atoms with Crippen LogP contribution in [0, 0.1) is 0 Å². The number of carbonyl (C=O) groups is 2. The minimum atomic E-state index is -3.81. The SMILES string of the molecule is CCCCNC(=O)[C@@H](CC)N(Cc1c(Cl)cccc1Cl)C(=O)CN(c1cccc(Br)c1)S(C)(=O)=O. The van der Waals surface area contributed by atoms with E-state index in [1.807, 2.05) is 6.92 Å². The average Bonchev–Trinajstić information content (AvgIpc) is 2.78. The highest BCUT2D eigenvalue weighted by Gasteiger charge is 2.32. The molecule has 0 aliphatic carbocycles. The summed E-state index contributed by atoms with van der Waals surface area (Å²) in [5.74, 6) is -0.866. The van der Waals surface area contributed by atoms with Gasteiger partial charge in [0.2, 0.25) is 21.8 Å². The largest absolute Gasteiger partial charge is 0.354 e. The maximum Gasteiger partial charge on any atom is 0.244 e. The van der Waals surface area contributed by atoms with Crippen molar-refractivity contribution in [2.24, 2.45) is 0 Å². The van der Waals surface area contributed by atoms with Gasteiger partial charge >= 0.3 is 0 Å². The minimum Gasteiger partial charge on any atom is -0.354 e. The summed E-state index contributed by atoms with van der Waals surface area (Å²) in [4.78, 5) is 28.1. The zero-order chi connectivity index (χ0) is 26.2. The molecule has 192 valence electrons. The summed E-state index contributed by atoms with van der Waals surface area (Å²) in [6.07, 6.45) is 3.06. The van der Waals surface area contributed by atoms with Crippen LogP contribution in [0.3, 0.4) is 0 Å². The highest BCUT2D eigenvalue weighted by molar-refractivity contribution is 9.10. The molecule has 0 fully saturated rings. The normalized spacial score (nSPS) is 12.2. The third kappa shape index (κ3) is 8.37. The van der Waals surface area contributed by atoms with Gasteiger partial charge in [-0.3, -0.25) is 13.9 Å². The molecule has 2 amide bonds. The lowest BCUT2D eigenvalue weighted by Crippen LogP contribution is -2.52. The first-order valence-electron chi connectivity index (χ1n) is 11.2. The van der Waals surface area contributed by atoms with Crippen LogP contribution in [-0.2, 0) is 26.2 Å². The first-order chi connectivity index (χ1) is 16.5. The van der Waals surface area contributed by atoms with Crippen LogP contribution in [0.2, 0.25) is 10.0 Å². The Morgan fingerprint density at radius 1 is 1.09 bits per heavy atom. The summed E-state index contributed by atoms with van der Waals surface area (Å²) in [6, 6.07) is 10.8. The van der Waals surface area contributed by atoms with E-state index in [0.717, 1.165) is 23.4 Å². The van der Waals surface area contributed by atoms with Crippen molar-refractivity contribution in [3.05, 3.63) is 62.5 Å². The second kappa shape index (κ2) is 13.5. The van der Waals surface area contributed by atoms with Gasteiger partial charge in [-0.1, -0.05) is 71.5 Å². The molecular formula is C24H30BrCl2N3O4S. The van der Waals surface area contributed by atoms with E-state index in [2.05, 4.69) is 21.2 Å². The number of carbonyl (C=O) groups excluding carboxylic acids is 2. The molecule has 0 radical (unpaired) electrons. The van der Waals surface area contributed by atoms with Crippen molar-refractivity contribution in [1.29, 1.82) is 0 Å². The summed E-state index contributed by atoms with van der Waals surface area (Å²) >= 11 is 16.1. The Labute approximate surface area is 225 Å². The van der Waals surface area contributed by atoms with Gasteiger partial charge in [-0.25, -0.2) is 8.42 Å². The molecular weight excluding hydrogens is 577 g/mol. The molecule has 0 aliphatic rings. The smallest absolute Gasteiger partial charge is 0.244 e. The molecule has 0 bridgehead atoms. The van der Waals surface area contributed by atoms with Gasteiger partial charge in [0.1, 0.15) is 12.6 Å². The third-order valence-corrected chi connectivity index (χ3v) is 7.72. The van der Waals surface area contributed by atoms with Crippen LogP contribution in [0.4, 0.5) is 5.69 Å². The highest BCUT2D eigenvalue weighted by atomic mass is 79.9. The van der Waals surface area contributed by atoms with Gasteiger partial charge in [0, 0.05) is 33.2 Å². The molecule has 0 aromatic heterocycles. The van der Waals surface area contributed by atoms with Crippen molar-refractivity contribution in [3.63, 3.8) is 0 Å². The molecule has 35 heavy (non-hydrogen) atoms. The standard InChI is InChI=1S/C24H30BrCl2N3O4S/c1-4-6-13-28-24(32)22(5-2)29(15-19-20(26)11-8-12-21(19)27)23(31)16-30(35(3,33)34)18-10-7-9-17(25)14-18/h7-12,14,22H,4-6,13,15-16H2,1-3H3,(H,28,32)/t22-/m1/s1. The van der Waals surface area contributed by atoms with Crippen LogP contribution < -0.4 is 9.62 Å². The molecule has 0 saturated heterocycles. The van der Waals surface area contributed by atoms with Gasteiger partial charge in [0.15, 0.2) is 0 Å². The van der Waals surface area contributed by atoms with Crippen molar-refractivity contribution < 1.29 is 18.0 Å². The van der Waals surface area contributed by atoms with Crippen molar-refractivity contribution in [2.75, 3.05) is 23.7 Å². The molecule has 2 rings (SSSR count). The van der Waals surface area contributed by atoms with Crippen LogP contribution >= 0.6 is 39.1 Å². The van der Waals surface area contributed by atoms with Crippen molar-refractivity contribution in [3.8, 4) is 0 Å². The van der Waals surface area contributed by atoms with Gasteiger partial charge in [-0.05, 0) is 43.2 Å². The lowest BCUT2D eigenvalue weighted by Gasteiger charge is -2.33. The number of halogens is 3. The lowest BCUT2D eigenvalue weighted by atomic mass is 10.1. The van der Waals surface area contributed by atoms with Crippen molar-refractivity contribution in [2.45, 2.75) is 45.7 Å². The number of hydrogen-bond donors (Lipinski definition) is 1. The van der Waals surface area contributed by atoms with E-state index in [9.17, 15) is 18.0 Å². The lowest BCUT2D eigenvalue weighted by molar-refractivity contribution is -0.140. The van der Waals surface area contributed by atoms with E-state index < -0.39 is 28.5 Å². The van der Waals surface area contributed by atoms with Gasteiger partial charge in [0.25, 0.3) is 0 Å². The summed E-state index contributed by atoms with van der Waals surface area (Å²) in [5.41, 5.74) is 0.809. The molecule has 11 heteroatoms. The van der Waals surface area contributed by atoms with E-state index in [4.69, 9.17) is 23.2 Å². The fraction of sp³-hybridized carbons (Fsp3) is 0.417. The van der Waals surface area contributed by atoms with Crippen LogP contribution in [0.25, 0.3) is 0 Å². The predicted molar refractivity (Wildman–Crippen MR) is 145 cm³/mol. The van der Waals surface area contributed by atoms with E-state index in [0.29, 0.717) is 38.7 Å². The molecule has 0 spiro atoms. The molecule has 1 atom stereocenters. The summed E-state index contributed by atoms with van der Waals surface area (Å²) < 4.78 is 26.9. The first-order valence-corrected chi connectivity index (χ1v) is 14.6. The van der Waals surface area contributed by atoms with Crippen LogP contribution in [0.5, 0.6) is 0 Å². The van der Waals surface area contributed by atoms with Crippen molar-refractivity contribution in [1.82, 2.24) is 10.2 Å². The first kappa shape index (κ1) is 29.4. The fourth-order valence-electron chi connectivity index (χ4n) is 3.52. The molecule has 2 aromatic carbocycles. The molecule has 0 unspecified atom stereocenters. The second-order valence-corrected chi connectivity index (χ2v) is 11.7. The Kier molecular flexibility index (Phi) is 11.3. The Hall–Kier alpha value is -1.81. The average molecular weight is 607 g/mol. The molecule has 0 aliphatic heterocycles. The molecule has 0 saturated carbocycles. The zero-order valence-electron chi connectivity index (χ0n) is 19.9. The Morgan fingerprint density at radius 3 is 2.26 bits per heavy atom. The predicted octanol–water partition coefficient (Wildman–Crippen LogP) is 5.25. The van der Waals surface area contributed by atoms with E-state index in [1.165, 1.54) is 4.90 Å². The van der Waals surface area contributed by atoms with Gasteiger partial charge in [-0.15, -0.1) is 0 Å². The van der Waals surface area contributed by atoms with Crippen molar-refractivity contribution >= 4 is 66.7 Å². The third-order valence-electron chi connectivity index (χ3n) is 5.38. The number of amides is 2. The molecule has 1 N–H and O–H groups in total. The number of unbranched alkanes of at least 4 members (excludes halogenated alkanes) is 1. The Balaban J connectivity index is 2.46. The second-order valence-electron chi connectivity index (χ2n) is 8.04. The quantitative estimate of drug-likeness (QED) is 0.335. The number of hydrogen-bond acceptors (Lipinski definition) is 4. The highest BCUT2D eigenvalue weighted by Crippen LogP contribution is 2.28.